The van der Waals surface area contributed by atoms with Gasteiger partial charge in [0.1, 0.15) is 46.5 Å². The molecule has 5 heterocycles. The van der Waals surface area contributed by atoms with Gasteiger partial charge < -0.3 is 9.13 Å². The van der Waals surface area contributed by atoms with E-state index in [0.717, 1.165) is 128 Å². The fraction of sp³-hybridized carbons (Fsp3) is 0.0172. The Morgan fingerprint density at radius 1 is 0.193 bits per heavy atom. The summed E-state index contributed by atoms with van der Waals surface area (Å²) in [6, 6.07) is 138. The van der Waals surface area contributed by atoms with Crippen molar-refractivity contribution in [3.05, 3.63) is 452 Å². The topological polar surface area (TPSA) is 197 Å². The molecule has 0 saturated carbocycles. The van der Waals surface area contributed by atoms with Crippen molar-refractivity contribution in [2.24, 2.45) is 0 Å². The molecule has 19 heteroatoms. The van der Waals surface area contributed by atoms with Crippen molar-refractivity contribution in [2.75, 3.05) is 0 Å². The molecule has 0 bridgehead atoms. The van der Waals surface area contributed by atoms with Crippen molar-refractivity contribution in [1.82, 2.24) is 54.0 Å². The van der Waals surface area contributed by atoms with Crippen LogP contribution in [0.2, 0.25) is 0 Å². The van der Waals surface area contributed by atoms with E-state index in [1.54, 1.807) is 66.7 Å². The van der Waals surface area contributed by atoms with E-state index in [1.165, 1.54) is 6.07 Å². The number of rotatable bonds is 15. The number of halogens is 4. The van der Waals surface area contributed by atoms with Crippen LogP contribution in [0.4, 0.5) is 17.6 Å². The maximum absolute atomic E-state index is 16.2. The fourth-order valence-electron chi connectivity index (χ4n) is 17.0. The van der Waals surface area contributed by atoms with Crippen molar-refractivity contribution < 1.29 is 17.6 Å². The Balaban J connectivity index is 0.000000153. The summed E-state index contributed by atoms with van der Waals surface area (Å²) >= 11 is 0. The molecule has 641 valence electrons. The average Bonchev–Trinajstić information content (AvgIpc) is 1.60. The first-order chi connectivity index (χ1) is 65.1. The zero-order valence-electron chi connectivity index (χ0n) is 70.6. The molecule has 0 aliphatic carbocycles. The van der Waals surface area contributed by atoms with Gasteiger partial charge in [0.15, 0.2) is 64.1 Å². The molecule has 0 unspecified atom stereocenters. The highest BCUT2D eigenvalue weighted by atomic mass is 19.1. The van der Waals surface area contributed by atoms with Gasteiger partial charge >= 0.3 is 0 Å². The number of hydrogen-bond acceptors (Lipinski definition) is 12. The average molecular weight is 1750 g/mol. The summed E-state index contributed by atoms with van der Waals surface area (Å²) in [7, 11) is 0. The summed E-state index contributed by atoms with van der Waals surface area (Å²) in [6.07, 6.45) is 0. The van der Waals surface area contributed by atoms with Gasteiger partial charge in [0.25, 0.3) is 0 Å². The van der Waals surface area contributed by atoms with Gasteiger partial charge in [-0.3, -0.25) is 0 Å². The third-order valence-corrected chi connectivity index (χ3v) is 22.9. The van der Waals surface area contributed by atoms with E-state index in [-0.39, 0.29) is 57.2 Å². The molecule has 0 aliphatic rings. The van der Waals surface area contributed by atoms with Crippen LogP contribution < -0.4 is 0 Å². The predicted octanol–water partition coefficient (Wildman–Crippen LogP) is 28.5. The number of para-hydroxylation sites is 4. The highest BCUT2D eigenvalue weighted by Gasteiger charge is 2.35. The van der Waals surface area contributed by atoms with Crippen LogP contribution in [0.5, 0.6) is 0 Å². The van der Waals surface area contributed by atoms with Crippen molar-refractivity contribution >= 4 is 52.0 Å². The Bertz CT molecular complexity index is 7710. The lowest BCUT2D eigenvalue weighted by molar-refractivity contribution is 0.577. The Morgan fingerprint density at radius 3 is 0.607 bits per heavy atom. The first kappa shape index (κ1) is 88.6. The molecule has 0 spiro atoms. The standard InChI is InChI=1S/C58H36N6.C34H20F2N4.C22H12F2N4.2CH4.B/c59-37-46-54(63-47-33-17-13-29-42(47)43-30-14-18-34-48(43)63)51(38-21-5-1-6-22-38)53(58-61-56(40-25-9-3-10-26-40)60-57(62-58)41-27-11-4-12-28-41)52(39-23-7-2-8-24-39)55(46)64-49-35-19-15-31-44(49)45-32-16-20-36-50(45)64;35-30-26(21-37)31(36)28(23-15-7-2-8-16-23)29(27(30)22-13-5-1-6-14-22)34-39-32(24-17-9-3-10-18-24)38-33(40-34)25-19-11-4-12-20-25;23-18-11-16(12-19(24)17(18)13-25)22-27-20(14-7-3-1-4-8-14)26-21(28-22)15-9-5-2-6-10-15;;;/h1-36H;1-20H;1-12H;2*1H4;. The van der Waals surface area contributed by atoms with Crippen molar-refractivity contribution in [3.8, 4) is 177 Å². The zero-order valence-corrected chi connectivity index (χ0v) is 70.6. The van der Waals surface area contributed by atoms with Crippen LogP contribution in [0.1, 0.15) is 31.5 Å². The third kappa shape index (κ3) is 17.1. The predicted molar refractivity (Wildman–Crippen MR) is 532 cm³/mol. The normalized spacial score (nSPS) is 10.8. The molecule has 0 fully saturated rings. The second-order valence-corrected chi connectivity index (χ2v) is 30.8. The first-order valence-corrected chi connectivity index (χ1v) is 42.4. The summed E-state index contributed by atoms with van der Waals surface area (Å²) in [4.78, 5) is 43.7. The second-order valence-electron chi connectivity index (χ2n) is 30.8. The van der Waals surface area contributed by atoms with Gasteiger partial charge in [0, 0.05) is 102 Å². The number of benzene rings is 17. The largest absolute Gasteiger partial charge is 0.307 e. The minimum Gasteiger partial charge on any atom is -0.307 e. The molecule has 0 amide bonds. The van der Waals surface area contributed by atoms with Gasteiger partial charge in [0.05, 0.1) is 33.4 Å². The minimum absolute atomic E-state index is 0. The fourth-order valence-corrected chi connectivity index (χ4v) is 17.0. The Kier molecular flexibility index (Phi) is 25.8. The van der Waals surface area contributed by atoms with Crippen LogP contribution in [0, 0.1) is 57.3 Å². The van der Waals surface area contributed by atoms with Gasteiger partial charge in [0.2, 0.25) is 0 Å². The number of fused-ring (bicyclic) bond motifs is 6. The molecule has 0 atom stereocenters. The van der Waals surface area contributed by atoms with E-state index in [1.807, 2.05) is 194 Å². The van der Waals surface area contributed by atoms with E-state index in [4.69, 9.17) is 35.2 Å². The molecule has 17 aromatic carbocycles. The highest BCUT2D eigenvalue weighted by molar-refractivity contribution is 6.15. The highest BCUT2D eigenvalue weighted by Crippen LogP contribution is 2.53. The SMILES string of the molecule is C.C.N#Cc1c(-n2c3ccccc3c3ccccc32)c(-c2ccccc2)c(-c2nc(-c3ccccc3)nc(-c3ccccc3)n2)c(-c2ccccc2)c1-n1c2ccccc2c2ccccc21.N#Cc1c(F)c(-c2ccccc2)c(-c2nc(-c3ccccc3)nc(-c3ccccc3)n2)c(-c2ccccc2)c1F.N#Cc1c(F)cc(-c2nc(-c3ccccc3)nc(-c3ccccc3)n2)cc1F.[B]. The quantitative estimate of drug-likeness (QED) is 0.0696. The Hall–Kier alpha value is -18.4. The molecular weight excluding hydrogens is 1680 g/mol. The van der Waals surface area contributed by atoms with Crippen LogP contribution in [0.25, 0.3) is 202 Å². The molecule has 5 aromatic heterocycles. The number of aromatic nitrogens is 11. The van der Waals surface area contributed by atoms with E-state index < -0.39 is 34.4 Å². The molecule has 135 heavy (non-hydrogen) atoms. The number of nitriles is 3. The van der Waals surface area contributed by atoms with Crippen molar-refractivity contribution in [3.63, 3.8) is 0 Å². The van der Waals surface area contributed by atoms with Crippen LogP contribution in [0.3, 0.4) is 0 Å². The first-order valence-electron chi connectivity index (χ1n) is 42.4. The van der Waals surface area contributed by atoms with Crippen molar-refractivity contribution in [2.45, 2.75) is 14.9 Å². The molecule has 14 nitrogen and oxygen atoms in total. The molecule has 0 saturated heterocycles. The molecule has 3 radical (unpaired) electrons. The number of nitrogens with zero attached hydrogens (tertiary/aromatic N) is 14. The zero-order chi connectivity index (χ0) is 89.5. The third-order valence-electron chi connectivity index (χ3n) is 22.9. The smallest absolute Gasteiger partial charge is 0.165 e. The van der Waals surface area contributed by atoms with Crippen LogP contribution in [-0.2, 0) is 0 Å². The summed E-state index contributed by atoms with van der Waals surface area (Å²) < 4.78 is 65.2. The monoisotopic (exact) mass is 1750 g/mol. The summed E-state index contributed by atoms with van der Waals surface area (Å²) in [6.45, 7) is 0. The van der Waals surface area contributed by atoms with Crippen LogP contribution >= 0.6 is 0 Å². The molecule has 0 aliphatic heterocycles. The molecular formula is C116H76BF4N14. The van der Waals surface area contributed by atoms with Gasteiger partial charge in [-0.1, -0.05) is 391 Å². The van der Waals surface area contributed by atoms with E-state index in [2.05, 4.69) is 176 Å². The summed E-state index contributed by atoms with van der Waals surface area (Å²) in [5.41, 5.74) is 14.8. The summed E-state index contributed by atoms with van der Waals surface area (Å²) in [5, 5.41) is 35.2. The maximum atomic E-state index is 16.2. The van der Waals surface area contributed by atoms with Crippen LogP contribution in [0.15, 0.2) is 413 Å². The number of hydrogen-bond donors (Lipinski definition) is 0. The minimum atomic E-state index is -0.969. The van der Waals surface area contributed by atoms with Crippen LogP contribution in [-0.4, -0.2) is 62.4 Å². The Labute approximate surface area is 778 Å². The van der Waals surface area contributed by atoms with Gasteiger partial charge in [-0.2, -0.15) is 15.8 Å². The lowest BCUT2D eigenvalue weighted by atomic mass is 9.85. The van der Waals surface area contributed by atoms with Gasteiger partial charge in [-0.05, 0) is 58.7 Å². The second kappa shape index (κ2) is 39.3. The molecule has 22 rings (SSSR count). The van der Waals surface area contributed by atoms with Gasteiger partial charge in [-0.25, -0.2) is 62.4 Å². The maximum Gasteiger partial charge on any atom is 0.165 e. The molecule has 22 aromatic rings. The Morgan fingerprint density at radius 2 is 0.378 bits per heavy atom. The van der Waals surface area contributed by atoms with E-state index in [9.17, 15) is 19.3 Å². The lowest BCUT2D eigenvalue weighted by Crippen LogP contribution is -2.12. The van der Waals surface area contributed by atoms with E-state index >= 15 is 8.78 Å². The molecule has 0 N–H and O–H groups in total. The lowest BCUT2D eigenvalue weighted by Gasteiger charge is -2.27. The van der Waals surface area contributed by atoms with E-state index in [0.29, 0.717) is 57.5 Å². The summed E-state index contributed by atoms with van der Waals surface area (Å²) in [5.74, 6) is -0.591. The van der Waals surface area contributed by atoms with Gasteiger partial charge in [-0.15, -0.1) is 0 Å². The van der Waals surface area contributed by atoms with Crippen molar-refractivity contribution in [1.29, 1.82) is 15.8 Å².